The maximum atomic E-state index is 9.68. The second-order valence-electron chi connectivity index (χ2n) is 4.11. The molecule has 1 saturated heterocycles. The van der Waals surface area contributed by atoms with Gasteiger partial charge in [-0.15, -0.1) is 0 Å². The molecule has 0 radical (unpaired) electrons. The van der Waals surface area contributed by atoms with Gasteiger partial charge in [0.2, 0.25) is 0 Å². The van der Waals surface area contributed by atoms with Crippen LogP contribution in [0.2, 0.25) is 0 Å². The molecule has 0 amide bonds. The van der Waals surface area contributed by atoms with Crippen molar-refractivity contribution in [3.8, 4) is 0 Å². The first-order valence-electron chi connectivity index (χ1n) is 5.54. The molecule has 0 aromatic rings. The molecule has 0 spiro atoms. The quantitative estimate of drug-likeness (QED) is 0.461. The number of aliphatic hydroxyl groups is 4. The summed E-state index contributed by atoms with van der Waals surface area (Å²) in [5.41, 5.74) is 0. The smallest absolute Gasteiger partial charge is 0.186 e. The van der Waals surface area contributed by atoms with Crippen molar-refractivity contribution in [2.45, 2.75) is 31.0 Å². The third-order valence-electron chi connectivity index (χ3n) is 2.72. The summed E-state index contributed by atoms with van der Waals surface area (Å²) in [5.74, 6) is 0.262. The monoisotopic (exact) mass is 314 g/mol. The molecule has 0 aromatic heterocycles. The van der Waals surface area contributed by atoms with Crippen LogP contribution in [0.5, 0.6) is 0 Å². The molecule has 1 aliphatic heterocycles. The summed E-state index contributed by atoms with van der Waals surface area (Å²) >= 11 is 3.32. The van der Waals surface area contributed by atoms with E-state index in [4.69, 9.17) is 14.6 Å². The van der Waals surface area contributed by atoms with E-state index in [0.717, 1.165) is 11.8 Å². The van der Waals surface area contributed by atoms with Gasteiger partial charge >= 0.3 is 0 Å². The van der Waals surface area contributed by atoms with Crippen LogP contribution in [0.25, 0.3) is 0 Å². The van der Waals surface area contributed by atoms with E-state index in [9.17, 15) is 15.3 Å². The number of alkyl halides is 1. The molecule has 0 aromatic carbocycles. The number of rotatable bonds is 6. The second-order valence-corrected chi connectivity index (χ2v) is 4.90. The predicted molar refractivity (Wildman–Crippen MR) is 62.7 cm³/mol. The van der Waals surface area contributed by atoms with Gasteiger partial charge in [-0.1, -0.05) is 15.9 Å². The van der Waals surface area contributed by atoms with Gasteiger partial charge in [0.1, 0.15) is 18.3 Å². The Balaban J connectivity index is 2.37. The number of hydrogen-bond acceptors (Lipinski definition) is 6. The van der Waals surface area contributed by atoms with Crippen molar-refractivity contribution in [2.24, 2.45) is 5.92 Å². The first-order chi connectivity index (χ1) is 8.10. The van der Waals surface area contributed by atoms with Crippen LogP contribution >= 0.6 is 15.9 Å². The Bertz CT molecular complexity index is 209. The fourth-order valence-electron chi connectivity index (χ4n) is 1.57. The molecule has 0 saturated carbocycles. The van der Waals surface area contributed by atoms with E-state index < -0.39 is 31.2 Å². The Morgan fingerprint density at radius 1 is 1.18 bits per heavy atom. The molecule has 1 rings (SSSR count). The fraction of sp³-hybridized carbons (Fsp3) is 1.00. The highest BCUT2D eigenvalue weighted by atomic mass is 79.9. The molecular formula is C10H19BrO6. The third-order valence-corrected chi connectivity index (χ3v) is 3.18. The van der Waals surface area contributed by atoms with Gasteiger partial charge < -0.3 is 29.9 Å². The zero-order chi connectivity index (χ0) is 12.8. The minimum Gasteiger partial charge on any atom is -0.394 e. The van der Waals surface area contributed by atoms with Crippen molar-refractivity contribution in [2.75, 3.05) is 25.2 Å². The van der Waals surface area contributed by atoms with Gasteiger partial charge in [-0.3, -0.25) is 0 Å². The largest absolute Gasteiger partial charge is 0.394 e. The maximum Gasteiger partial charge on any atom is 0.186 e. The van der Waals surface area contributed by atoms with E-state index in [-0.39, 0.29) is 5.92 Å². The number of aliphatic hydroxyl groups excluding tert-OH is 4. The minimum absolute atomic E-state index is 0.262. The van der Waals surface area contributed by atoms with E-state index >= 15 is 0 Å². The average molecular weight is 315 g/mol. The summed E-state index contributed by atoms with van der Waals surface area (Å²) in [6.07, 6.45) is -4.32. The van der Waals surface area contributed by atoms with Crippen LogP contribution in [0.15, 0.2) is 0 Å². The molecule has 17 heavy (non-hydrogen) atoms. The van der Waals surface area contributed by atoms with Crippen molar-refractivity contribution in [3.63, 3.8) is 0 Å². The van der Waals surface area contributed by atoms with Crippen LogP contribution in [0, 0.1) is 5.92 Å². The highest BCUT2D eigenvalue weighted by molar-refractivity contribution is 9.09. The van der Waals surface area contributed by atoms with Gasteiger partial charge in [0.15, 0.2) is 6.29 Å². The predicted octanol–water partition coefficient (Wildman–Crippen LogP) is -1.16. The van der Waals surface area contributed by atoms with Crippen LogP contribution in [0.3, 0.4) is 0 Å². The van der Waals surface area contributed by atoms with E-state index in [0.29, 0.717) is 13.2 Å². The van der Waals surface area contributed by atoms with Crippen LogP contribution in [-0.2, 0) is 9.47 Å². The van der Waals surface area contributed by atoms with Crippen LogP contribution in [0.4, 0.5) is 0 Å². The Hall–Kier alpha value is 0.240. The second kappa shape index (κ2) is 7.63. The summed E-state index contributed by atoms with van der Waals surface area (Å²) in [6.45, 7) is 0.252. The molecule has 1 fully saturated rings. The normalized spacial score (nSPS) is 30.9. The molecule has 4 N–H and O–H groups in total. The molecule has 1 heterocycles. The lowest BCUT2D eigenvalue weighted by atomic mass is 10.1. The number of hydrogen-bond donors (Lipinski definition) is 4. The Labute approximate surface area is 108 Å². The van der Waals surface area contributed by atoms with Crippen LogP contribution < -0.4 is 0 Å². The third kappa shape index (κ3) is 4.44. The summed E-state index contributed by atoms with van der Waals surface area (Å²) < 4.78 is 10.5. The van der Waals surface area contributed by atoms with E-state index in [1.165, 1.54) is 0 Å². The van der Waals surface area contributed by atoms with Crippen molar-refractivity contribution in [3.05, 3.63) is 0 Å². The topological polar surface area (TPSA) is 99.4 Å². The standard InChI is InChI=1S/C10H19BrO6/c11-2-1-6-4-16-10(17-5-6)9(15)8(14)7(13)3-12/h6-10,12-15H,1-5H2/t6?,7-,8-,9-,10?/m1/s1. The van der Waals surface area contributed by atoms with Gasteiger partial charge in [0, 0.05) is 11.2 Å². The van der Waals surface area contributed by atoms with Gasteiger partial charge in [0.25, 0.3) is 0 Å². The molecule has 3 atom stereocenters. The van der Waals surface area contributed by atoms with Crippen molar-refractivity contribution < 1.29 is 29.9 Å². The van der Waals surface area contributed by atoms with E-state index in [1.54, 1.807) is 0 Å². The molecule has 1 aliphatic rings. The number of halogens is 1. The molecule has 0 unspecified atom stereocenters. The first-order valence-corrected chi connectivity index (χ1v) is 6.66. The summed E-state index contributed by atoms with van der Waals surface area (Å²) in [6, 6.07) is 0. The Morgan fingerprint density at radius 2 is 1.76 bits per heavy atom. The lowest BCUT2D eigenvalue weighted by Crippen LogP contribution is -2.50. The first kappa shape index (κ1) is 15.3. The van der Waals surface area contributed by atoms with Crippen LogP contribution in [-0.4, -0.2) is 70.2 Å². The maximum absolute atomic E-state index is 9.68. The van der Waals surface area contributed by atoms with Crippen LogP contribution in [0.1, 0.15) is 6.42 Å². The van der Waals surface area contributed by atoms with E-state index in [1.807, 2.05) is 0 Å². The highest BCUT2D eigenvalue weighted by Crippen LogP contribution is 2.19. The van der Waals surface area contributed by atoms with Crippen molar-refractivity contribution in [1.82, 2.24) is 0 Å². The zero-order valence-electron chi connectivity index (χ0n) is 9.41. The van der Waals surface area contributed by atoms with Gasteiger partial charge in [-0.25, -0.2) is 0 Å². The SMILES string of the molecule is OC[C@@H](O)[C@@H](O)[C@@H](O)C1OCC(CCBr)CO1. The van der Waals surface area contributed by atoms with Gasteiger partial charge in [-0.2, -0.15) is 0 Å². The van der Waals surface area contributed by atoms with Gasteiger partial charge in [0.05, 0.1) is 19.8 Å². The summed E-state index contributed by atoms with van der Waals surface area (Å²) in [5, 5.41) is 37.9. The lowest BCUT2D eigenvalue weighted by molar-refractivity contribution is -0.262. The Morgan fingerprint density at radius 3 is 2.24 bits per heavy atom. The fourth-order valence-corrected chi connectivity index (χ4v) is 2.22. The van der Waals surface area contributed by atoms with Gasteiger partial charge in [-0.05, 0) is 6.42 Å². The van der Waals surface area contributed by atoms with Crippen molar-refractivity contribution in [1.29, 1.82) is 0 Å². The molecular weight excluding hydrogens is 296 g/mol. The molecule has 6 nitrogen and oxygen atoms in total. The average Bonchev–Trinajstić information content (AvgIpc) is 2.37. The molecule has 102 valence electrons. The van der Waals surface area contributed by atoms with Crippen molar-refractivity contribution >= 4 is 15.9 Å². The molecule has 7 heteroatoms. The molecule has 0 aliphatic carbocycles. The Kier molecular flexibility index (Phi) is 6.86. The number of ether oxygens (including phenoxy) is 2. The van der Waals surface area contributed by atoms with E-state index in [2.05, 4.69) is 15.9 Å². The zero-order valence-corrected chi connectivity index (χ0v) is 11.0. The molecule has 0 bridgehead atoms. The lowest BCUT2D eigenvalue weighted by Gasteiger charge is -2.34. The summed E-state index contributed by atoms with van der Waals surface area (Å²) in [4.78, 5) is 0. The summed E-state index contributed by atoms with van der Waals surface area (Å²) in [7, 11) is 0. The highest BCUT2D eigenvalue weighted by Gasteiger charge is 2.35. The minimum atomic E-state index is -1.49.